The first-order valence-corrected chi connectivity index (χ1v) is 9.37. The van der Waals surface area contributed by atoms with E-state index in [1.165, 1.54) is 0 Å². The van der Waals surface area contributed by atoms with Crippen molar-refractivity contribution in [3.05, 3.63) is 29.8 Å². The number of β-amino-alcohol motifs (C(OH)–C–C–N with tert-alkyl or cyclic N) is 1. The Morgan fingerprint density at radius 3 is 2.64 bits per heavy atom. The summed E-state index contributed by atoms with van der Waals surface area (Å²) in [6.07, 6.45) is 0.278. The van der Waals surface area contributed by atoms with Crippen molar-refractivity contribution in [3.8, 4) is 11.8 Å². The maximum absolute atomic E-state index is 9.92. The van der Waals surface area contributed by atoms with E-state index in [0.717, 1.165) is 11.3 Å². The van der Waals surface area contributed by atoms with Crippen LogP contribution in [0.2, 0.25) is 0 Å². The Hall–Kier alpha value is -2.94. The molecular formula is C19H24N6O3. The van der Waals surface area contributed by atoms with Crippen molar-refractivity contribution in [3.63, 3.8) is 0 Å². The van der Waals surface area contributed by atoms with E-state index in [2.05, 4.69) is 20.3 Å². The summed E-state index contributed by atoms with van der Waals surface area (Å²) in [6, 6.07) is 8.08. The van der Waals surface area contributed by atoms with Crippen LogP contribution in [0.5, 0.6) is 11.8 Å². The minimum atomic E-state index is -0.367. The van der Waals surface area contributed by atoms with Gasteiger partial charge in [-0.25, -0.2) is 4.68 Å². The summed E-state index contributed by atoms with van der Waals surface area (Å²) >= 11 is 0. The maximum Gasteiger partial charge on any atom is 0.320 e. The molecule has 1 N–H and O–H groups in total. The number of ether oxygens (including phenoxy) is 2. The van der Waals surface area contributed by atoms with Crippen molar-refractivity contribution in [1.82, 2.24) is 25.0 Å². The third-order valence-corrected chi connectivity index (χ3v) is 4.62. The summed E-state index contributed by atoms with van der Waals surface area (Å²) in [4.78, 5) is 11.1. The molecule has 1 aliphatic rings. The monoisotopic (exact) mass is 384 g/mol. The van der Waals surface area contributed by atoms with Gasteiger partial charge in [0.25, 0.3) is 0 Å². The number of aromatic nitrogens is 5. The van der Waals surface area contributed by atoms with Gasteiger partial charge in [0, 0.05) is 13.1 Å². The molecule has 0 unspecified atom stereocenters. The first-order chi connectivity index (χ1) is 13.5. The second-order valence-corrected chi connectivity index (χ2v) is 7.15. The molecule has 0 saturated carbocycles. The van der Waals surface area contributed by atoms with Gasteiger partial charge in [-0.1, -0.05) is 17.3 Å². The van der Waals surface area contributed by atoms with Gasteiger partial charge in [-0.05, 0) is 38.0 Å². The molecule has 1 aromatic carbocycles. The SMILES string of the molecule is COc1ccc(Cn2nnc3c(N4CC[C@H](O)C4)nc(OC(C)C)nc32)cc1. The summed E-state index contributed by atoms with van der Waals surface area (Å²) in [5.74, 6) is 1.45. The fourth-order valence-electron chi connectivity index (χ4n) is 3.25. The number of aliphatic hydroxyl groups excluding tert-OH is 1. The van der Waals surface area contributed by atoms with E-state index in [9.17, 15) is 5.11 Å². The molecule has 2 aromatic heterocycles. The largest absolute Gasteiger partial charge is 0.497 e. The highest BCUT2D eigenvalue weighted by Crippen LogP contribution is 2.28. The van der Waals surface area contributed by atoms with E-state index >= 15 is 0 Å². The number of rotatable bonds is 6. The predicted molar refractivity (Wildman–Crippen MR) is 104 cm³/mol. The van der Waals surface area contributed by atoms with Crippen molar-refractivity contribution >= 4 is 17.0 Å². The highest BCUT2D eigenvalue weighted by molar-refractivity contribution is 5.83. The fraction of sp³-hybridized carbons (Fsp3) is 0.474. The number of hydrogen-bond acceptors (Lipinski definition) is 8. The van der Waals surface area contributed by atoms with Crippen LogP contribution in [0.1, 0.15) is 25.8 Å². The third-order valence-electron chi connectivity index (χ3n) is 4.62. The molecule has 3 aromatic rings. The van der Waals surface area contributed by atoms with E-state index in [1.807, 2.05) is 43.0 Å². The summed E-state index contributed by atoms with van der Waals surface area (Å²) < 4.78 is 12.7. The molecule has 1 aliphatic heterocycles. The zero-order valence-electron chi connectivity index (χ0n) is 16.2. The molecule has 3 heterocycles. The Kier molecular flexibility index (Phi) is 4.99. The van der Waals surface area contributed by atoms with Gasteiger partial charge in [-0.2, -0.15) is 9.97 Å². The van der Waals surface area contributed by atoms with Crippen LogP contribution in [-0.4, -0.2) is 62.5 Å². The zero-order valence-corrected chi connectivity index (χ0v) is 16.2. The molecule has 0 aliphatic carbocycles. The van der Waals surface area contributed by atoms with Crippen LogP contribution < -0.4 is 14.4 Å². The lowest BCUT2D eigenvalue weighted by Crippen LogP contribution is -2.23. The van der Waals surface area contributed by atoms with Crippen molar-refractivity contribution in [2.75, 3.05) is 25.1 Å². The Morgan fingerprint density at radius 2 is 2.00 bits per heavy atom. The second kappa shape index (κ2) is 7.59. The van der Waals surface area contributed by atoms with Crippen molar-refractivity contribution < 1.29 is 14.6 Å². The van der Waals surface area contributed by atoms with Crippen LogP contribution >= 0.6 is 0 Å². The van der Waals surface area contributed by atoms with Crippen LogP contribution in [0.3, 0.4) is 0 Å². The lowest BCUT2D eigenvalue weighted by Gasteiger charge is -2.18. The molecule has 4 rings (SSSR count). The molecule has 9 nitrogen and oxygen atoms in total. The molecule has 0 amide bonds. The molecular weight excluding hydrogens is 360 g/mol. The Bertz CT molecular complexity index is 956. The second-order valence-electron chi connectivity index (χ2n) is 7.15. The Labute approximate surface area is 162 Å². The Balaban J connectivity index is 1.73. The minimum Gasteiger partial charge on any atom is -0.497 e. The summed E-state index contributed by atoms with van der Waals surface area (Å²) in [6.45, 7) is 5.60. The summed E-state index contributed by atoms with van der Waals surface area (Å²) in [5, 5.41) is 18.5. The summed E-state index contributed by atoms with van der Waals surface area (Å²) in [7, 11) is 1.64. The highest BCUT2D eigenvalue weighted by Gasteiger charge is 2.26. The smallest absolute Gasteiger partial charge is 0.320 e. The molecule has 1 saturated heterocycles. The fourth-order valence-corrected chi connectivity index (χ4v) is 3.25. The third kappa shape index (κ3) is 3.70. The molecule has 0 radical (unpaired) electrons. The van der Waals surface area contributed by atoms with Crippen molar-refractivity contribution in [1.29, 1.82) is 0 Å². The highest BCUT2D eigenvalue weighted by atomic mass is 16.5. The standard InChI is InChI=1S/C19H24N6O3/c1-12(2)28-19-20-17(24-9-8-14(26)11-24)16-18(21-19)25(23-22-16)10-13-4-6-15(27-3)7-5-13/h4-7,12,14,26H,8-11H2,1-3H3/t14-/m0/s1. The molecule has 28 heavy (non-hydrogen) atoms. The number of fused-ring (bicyclic) bond motifs is 1. The van der Waals surface area contributed by atoms with Gasteiger partial charge in [0.1, 0.15) is 5.75 Å². The van der Waals surface area contributed by atoms with Gasteiger partial charge < -0.3 is 19.5 Å². The van der Waals surface area contributed by atoms with E-state index in [1.54, 1.807) is 11.8 Å². The number of anilines is 1. The molecule has 148 valence electrons. The number of methoxy groups -OCH3 is 1. The lowest BCUT2D eigenvalue weighted by molar-refractivity contribution is 0.198. The van der Waals surface area contributed by atoms with Gasteiger partial charge in [0.05, 0.1) is 25.9 Å². The van der Waals surface area contributed by atoms with Crippen molar-refractivity contribution in [2.45, 2.75) is 39.0 Å². The van der Waals surface area contributed by atoms with Crippen molar-refractivity contribution in [2.24, 2.45) is 0 Å². The number of benzene rings is 1. The van der Waals surface area contributed by atoms with Gasteiger partial charge in [-0.15, -0.1) is 5.10 Å². The van der Waals surface area contributed by atoms with E-state index in [-0.39, 0.29) is 18.2 Å². The zero-order chi connectivity index (χ0) is 19.7. The van der Waals surface area contributed by atoms with E-state index in [0.29, 0.717) is 43.0 Å². The molecule has 0 spiro atoms. The first kappa shape index (κ1) is 18.4. The van der Waals surface area contributed by atoms with Gasteiger partial charge in [0.2, 0.25) is 0 Å². The number of aliphatic hydroxyl groups is 1. The predicted octanol–water partition coefficient (Wildman–Crippen LogP) is 1.64. The van der Waals surface area contributed by atoms with E-state index in [4.69, 9.17) is 9.47 Å². The average Bonchev–Trinajstić information content (AvgIpc) is 3.28. The van der Waals surface area contributed by atoms with Gasteiger partial charge in [0.15, 0.2) is 17.0 Å². The number of hydrogen-bond donors (Lipinski definition) is 1. The van der Waals surface area contributed by atoms with Crippen LogP contribution in [0, 0.1) is 0 Å². The summed E-state index contributed by atoms with van der Waals surface area (Å²) in [5.41, 5.74) is 2.27. The van der Waals surface area contributed by atoms with Crippen LogP contribution in [0.25, 0.3) is 11.2 Å². The Morgan fingerprint density at radius 1 is 1.21 bits per heavy atom. The van der Waals surface area contributed by atoms with Crippen LogP contribution in [0.4, 0.5) is 5.82 Å². The van der Waals surface area contributed by atoms with E-state index < -0.39 is 0 Å². The maximum atomic E-state index is 9.92. The molecule has 9 heteroatoms. The molecule has 1 atom stereocenters. The van der Waals surface area contributed by atoms with Gasteiger partial charge >= 0.3 is 6.01 Å². The topological polar surface area (TPSA) is 98.4 Å². The minimum absolute atomic E-state index is 0.0552. The molecule has 0 bridgehead atoms. The quantitative estimate of drug-likeness (QED) is 0.685. The van der Waals surface area contributed by atoms with Crippen LogP contribution in [-0.2, 0) is 6.54 Å². The molecule has 1 fully saturated rings. The lowest BCUT2D eigenvalue weighted by atomic mass is 10.2. The average molecular weight is 384 g/mol. The normalized spacial score (nSPS) is 16.9. The van der Waals surface area contributed by atoms with Crippen LogP contribution in [0.15, 0.2) is 24.3 Å². The number of nitrogens with zero attached hydrogens (tertiary/aromatic N) is 6. The first-order valence-electron chi connectivity index (χ1n) is 9.37. The van der Waals surface area contributed by atoms with Gasteiger partial charge in [-0.3, -0.25) is 0 Å².